The van der Waals surface area contributed by atoms with Crippen LogP contribution in [0.5, 0.6) is 0 Å². The van der Waals surface area contributed by atoms with Gasteiger partial charge in [-0.3, -0.25) is 0 Å². The summed E-state index contributed by atoms with van der Waals surface area (Å²) in [5.41, 5.74) is 0. The maximum atomic E-state index is 9.95. The van der Waals surface area contributed by atoms with Gasteiger partial charge in [-0.2, -0.15) is 0 Å². The van der Waals surface area contributed by atoms with Gasteiger partial charge in [0.05, 0.1) is 6.10 Å². The summed E-state index contributed by atoms with van der Waals surface area (Å²) in [6.45, 7) is 2.32. The quantitative estimate of drug-likeness (QED) is 0.774. The van der Waals surface area contributed by atoms with Crippen LogP contribution >= 0.6 is 0 Å². The molecule has 0 heterocycles. The topological polar surface area (TPSA) is 32.3 Å². The third-order valence-electron chi connectivity index (χ3n) is 4.56. The smallest absolute Gasteiger partial charge is 0.0693 e. The first-order valence-corrected chi connectivity index (χ1v) is 7.21. The minimum atomic E-state index is -0.0974. The molecule has 2 N–H and O–H groups in total. The van der Waals surface area contributed by atoms with Gasteiger partial charge in [-0.15, -0.1) is 0 Å². The number of hydrogen-bond acceptors (Lipinski definition) is 2. The third kappa shape index (κ3) is 3.21. The second kappa shape index (κ2) is 6.02. The summed E-state index contributed by atoms with van der Waals surface area (Å²) >= 11 is 0. The van der Waals surface area contributed by atoms with Crippen molar-refractivity contribution in [3.8, 4) is 0 Å². The van der Waals surface area contributed by atoms with Gasteiger partial charge in [0.2, 0.25) is 0 Å². The fourth-order valence-corrected chi connectivity index (χ4v) is 3.41. The highest BCUT2D eigenvalue weighted by Gasteiger charge is 2.27. The van der Waals surface area contributed by atoms with Gasteiger partial charge in [0.1, 0.15) is 0 Å². The maximum Gasteiger partial charge on any atom is 0.0693 e. The van der Waals surface area contributed by atoms with E-state index in [-0.39, 0.29) is 6.10 Å². The molecule has 0 aromatic rings. The van der Waals surface area contributed by atoms with Crippen molar-refractivity contribution in [1.82, 2.24) is 5.32 Å². The van der Waals surface area contributed by atoms with Crippen LogP contribution in [-0.4, -0.2) is 23.3 Å². The summed E-state index contributed by atoms with van der Waals surface area (Å²) in [5, 5.41) is 13.6. The first-order chi connectivity index (χ1) is 7.77. The molecule has 0 radical (unpaired) electrons. The Morgan fingerprint density at radius 2 is 1.56 bits per heavy atom. The summed E-state index contributed by atoms with van der Waals surface area (Å²) in [7, 11) is 0. The van der Waals surface area contributed by atoms with E-state index in [0.29, 0.717) is 12.1 Å². The number of nitrogens with one attached hydrogen (secondary N) is 1. The van der Waals surface area contributed by atoms with Crippen LogP contribution in [0.15, 0.2) is 0 Å². The molecule has 0 bridgehead atoms. The molecule has 0 unspecified atom stereocenters. The minimum absolute atomic E-state index is 0.0974. The summed E-state index contributed by atoms with van der Waals surface area (Å²) in [4.78, 5) is 0. The SMILES string of the molecule is C[C@H](N[C@@H]1CCCC[C@H]1O)C1CCCCC1. The molecular weight excluding hydrogens is 198 g/mol. The predicted octanol–water partition coefficient (Wildman–Crippen LogP) is 2.85. The molecular formula is C14H27NO. The average Bonchev–Trinajstić information content (AvgIpc) is 2.33. The molecule has 0 saturated heterocycles. The lowest BCUT2D eigenvalue weighted by molar-refractivity contribution is 0.0788. The first-order valence-electron chi connectivity index (χ1n) is 7.21. The van der Waals surface area contributed by atoms with Crippen LogP contribution in [0.25, 0.3) is 0 Å². The highest BCUT2D eigenvalue weighted by molar-refractivity contribution is 4.85. The molecule has 0 aromatic carbocycles. The Morgan fingerprint density at radius 3 is 2.25 bits per heavy atom. The molecule has 2 aliphatic carbocycles. The molecule has 0 aliphatic heterocycles. The van der Waals surface area contributed by atoms with Gasteiger partial charge in [-0.1, -0.05) is 32.1 Å². The number of aliphatic hydroxyl groups is 1. The van der Waals surface area contributed by atoms with Crippen LogP contribution in [0.1, 0.15) is 64.7 Å². The number of aliphatic hydroxyl groups excluding tert-OH is 1. The van der Waals surface area contributed by atoms with E-state index >= 15 is 0 Å². The van der Waals surface area contributed by atoms with E-state index in [9.17, 15) is 5.11 Å². The van der Waals surface area contributed by atoms with Crippen molar-refractivity contribution in [3.05, 3.63) is 0 Å². The Bertz CT molecular complexity index is 201. The summed E-state index contributed by atoms with van der Waals surface area (Å²) in [5.74, 6) is 0.850. The van der Waals surface area contributed by atoms with E-state index in [4.69, 9.17) is 0 Å². The zero-order valence-corrected chi connectivity index (χ0v) is 10.6. The second-order valence-corrected chi connectivity index (χ2v) is 5.81. The van der Waals surface area contributed by atoms with Crippen molar-refractivity contribution >= 4 is 0 Å². The van der Waals surface area contributed by atoms with Gasteiger partial charge in [-0.05, 0) is 38.5 Å². The van der Waals surface area contributed by atoms with Crippen molar-refractivity contribution in [3.63, 3.8) is 0 Å². The normalized spacial score (nSPS) is 34.9. The van der Waals surface area contributed by atoms with Gasteiger partial charge < -0.3 is 10.4 Å². The highest BCUT2D eigenvalue weighted by Crippen LogP contribution is 2.27. The largest absolute Gasteiger partial charge is 0.392 e. The Morgan fingerprint density at radius 1 is 0.938 bits per heavy atom. The van der Waals surface area contributed by atoms with E-state index in [2.05, 4.69) is 12.2 Å². The predicted molar refractivity (Wildman–Crippen MR) is 67.4 cm³/mol. The van der Waals surface area contributed by atoms with Gasteiger partial charge >= 0.3 is 0 Å². The lowest BCUT2D eigenvalue weighted by Crippen LogP contribution is -2.48. The fraction of sp³-hybridized carbons (Fsp3) is 1.00. The van der Waals surface area contributed by atoms with Crippen molar-refractivity contribution in [2.75, 3.05) is 0 Å². The second-order valence-electron chi connectivity index (χ2n) is 5.81. The minimum Gasteiger partial charge on any atom is -0.392 e. The van der Waals surface area contributed by atoms with Crippen LogP contribution in [0, 0.1) is 5.92 Å². The van der Waals surface area contributed by atoms with Crippen LogP contribution in [-0.2, 0) is 0 Å². The Hall–Kier alpha value is -0.0800. The molecule has 0 aromatic heterocycles. The monoisotopic (exact) mass is 225 g/mol. The lowest BCUT2D eigenvalue weighted by Gasteiger charge is -2.35. The van der Waals surface area contributed by atoms with Crippen LogP contribution in [0.3, 0.4) is 0 Å². The summed E-state index contributed by atoms with van der Waals surface area (Å²) in [6.07, 6.45) is 11.6. The molecule has 16 heavy (non-hydrogen) atoms. The molecule has 2 fully saturated rings. The molecule has 2 saturated carbocycles. The number of hydrogen-bond donors (Lipinski definition) is 2. The van der Waals surface area contributed by atoms with Gasteiger partial charge in [0.15, 0.2) is 0 Å². The van der Waals surface area contributed by atoms with Crippen molar-refractivity contribution in [1.29, 1.82) is 0 Å². The lowest BCUT2D eigenvalue weighted by atomic mass is 9.83. The van der Waals surface area contributed by atoms with Crippen molar-refractivity contribution in [2.24, 2.45) is 5.92 Å². The van der Waals surface area contributed by atoms with E-state index in [1.165, 1.54) is 44.9 Å². The zero-order chi connectivity index (χ0) is 11.4. The third-order valence-corrected chi connectivity index (χ3v) is 4.56. The zero-order valence-electron chi connectivity index (χ0n) is 10.6. The molecule has 2 aliphatic rings. The van der Waals surface area contributed by atoms with E-state index < -0.39 is 0 Å². The summed E-state index contributed by atoms with van der Waals surface area (Å²) < 4.78 is 0. The first kappa shape index (κ1) is 12.4. The van der Waals surface area contributed by atoms with E-state index in [1.807, 2.05) is 0 Å². The number of rotatable bonds is 3. The molecule has 2 nitrogen and oxygen atoms in total. The Balaban J connectivity index is 1.78. The molecule has 2 rings (SSSR count). The maximum absolute atomic E-state index is 9.95. The molecule has 0 amide bonds. The Kier molecular flexibility index (Phi) is 4.66. The average molecular weight is 225 g/mol. The van der Waals surface area contributed by atoms with Crippen LogP contribution < -0.4 is 5.32 Å². The summed E-state index contributed by atoms with van der Waals surface area (Å²) in [6, 6.07) is 0.962. The molecule has 94 valence electrons. The van der Waals surface area contributed by atoms with E-state index in [0.717, 1.165) is 18.8 Å². The standard InChI is InChI=1S/C14H27NO/c1-11(12-7-3-2-4-8-12)15-13-9-5-6-10-14(13)16/h11-16H,2-10H2,1H3/t11-,13+,14+/m0/s1. The van der Waals surface area contributed by atoms with Crippen molar-refractivity contribution < 1.29 is 5.11 Å². The van der Waals surface area contributed by atoms with Crippen LogP contribution in [0.4, 0.5) is 0 Å². The van der Waals surface area contributed by atoms with Crippen molar-refractivity contribution in [2.45, 2.75) is 82.9 Å². The van der Waals surface area contributed by atoms with E-state index in [1.54, 1.807) is 0 Å². The fourth-order valence-electron chi connectivity index (χ4n) is 3.41. The molecule has 2 heteroatoms. The molecule has 0 spiro atoms. The van der Waals surface area contributed by atoms with Gasteiger partial charge in [0.25, 0.3) is 0 Å². The van der Waals surface area contributed by atoms with Gasteiger partial charge in [-0.25, -0.2) is 0 Å². The van der Waals surface area contributed by atoms with Crippen LogP contribution in [0.2, 0.25) is 0 Å². The van der Waals surface area contributed by atoms with Gasteiger partial charge in [0, 0.05) is 12.1 Å². The molecule has 3 atom stereocenters. The highest BCUT2D eigenvalue weighted by atomic mass is 16.3. The Labute approximate surface area is 99.8 Å².